The third kappa shape index (κ3) is 2.72. The van der Waals surface area contributed by atoms with Crippen LogP contribution in [0.15, 0.2) is 35.2 Å². The van der Waals surface area contributed by atoms with Crippen LogP contribution in [0.3, 0.4) is 0 Å². The van der Waals surface area contributed by atoms with Crippen molar-refractivity contribution in [1.29, 1.82) is 0 Å². The quantitative estimate of drug-likeness (QED) is 0.800. The highest BCUT2D eigenvalue weighted by Gasteiger charge is 2.17. The molecule has 2 heterocycles. The van der Waals surface area contributed by atoms with Crippen molar-refractivity contribution in [2.45, 2.75) is 26.8 Å². The molecule has 1 unspecified atom stereocenters. The SMILES string of the molecule is Cc1cccc(C)c1NC(C)c1nc(-c2cn(C)cn2)no1. The number of anilines is 1. The zero-order valence-corrected chi connectivity index (χ0v) is 13.2. The molecule has 0 aliphatic heterocycles. The van der Waals surface area contributed by atoms with Gasteiger partial charge in [-0.05, 0) is 31.9 Å². The summed E-state index contributed by atoms with van der Waals surface area (Å²) in [4.78, 5) is 8.66. The van der Waals surface area contributed by atoms with Crippen LogP contribution in [0.1, 0.15) is 30.0 Å². The molecule has 0 aliphatic carbocycles. The lowest BCUT2D eigenvalue weighted by molar-refractivity contribution is 0.368. The van der Waals surface area contributed by atoms with Crippen LogP contribution in [0.25, 0.3) is 11.5 Å². The largest absolute Gasteiger partial charge is 0.373 e. The Bertz CT molecular complexity index is 769. The molecule has 3 aromatic rings. The van der Waals surface area contributed by atoms with E-state index in [1.165, 1.54) is 11.1 Å². The van der Waals surface area contributed by atoms with E-state index in [2.05, 4.69) is 46.4 Å². The second-order valence-corrected chi connectivity index (χ2v) is 5.51. The summed E-state index contributed by atoms with van der Waals surface area (Å²) in [5.74, 6) is 1.05. The van der Waals surface area contributed by atoms with E-state index >= 15 is 0 Å². The maximum atomic E-state index is 5.37. The molecule has 0 fully saturated rings. The molecule has 0 radical (unpaired) electrons. The fourth-order valence-electron chi connectivity index (χ4n) is 2.36. The molecule has 2 aromatic heterocycles. The second-order valence-electron chi connectivity index (χ2n) is 5.51. The number of benzene rings is 1. The van der Waals surface area contributed by atoms with Crippen molar-refractivity contribution in [2.75, 3.05) is 5.32 Å². The number of aromatic nitrogens is 4. The minimum Gasteiger partial charge on any atom is -0.373 e. The molecule has 0 saturated heterocycles. The number of nitrogens with one attached hydrogen (secondary N) is 1. The summed E-state index contributed by atoms with van der Waals surface area (Å²) >= 11 is 0. The summed E-state index contributed by atoms with van der Waals surface area (Å²) in [5, 5.41) is 7.45. The van der Waals surface area contributed by atoms with E-state index in [9.17, 15) is 0 Å². The van der Waals surface area contributed by atoms with Crippen LogP contribution >= 0.6 is 0 Å². The van der Waals surface area contributed by atoms with Gasteiger partial charge in [0.1, 0.15) is 11.7 Å². The maximum Gasteiger partial charge on any atom is 0.249 e. The van der Waals surface area contributed by atoms with Gasteiger partial charge in [0.05, 0.1) is 6.33 Å². The standard InChI is InChI=1S/C16H19N5O/c1-10-6-5-7-11(2)14(10)18-12(3)16-19-15(20-22-16)13-8-21(4)9-17-13/h5-9,12,18H,1-4H3. The van der Waals surface area contributed by atoms with Crippen molar-refractivity contribution >= 4 is 5.69 Å². The monoisotopic (exact) mass is 297 g/mol. The van der Waals surface area contributed by atoms with Crippen molar-refractivity contribution < 1.29 is 4.52 Å². The van der Waals surface area contributed by atoms with E-state index in [1.54, 1.807) is 6.33 Å². The highest BCUT2D eigenvalue weighted by molar-refractivity contribution is 5.57. The Morgan fingerprint density at radius 2 is 1.95 bits per heavy atom. The number of hydrogen-bond donors (Lipinski definition) is 1. The van der Waals surface area contributed by atoms with E-state index in [4.69, 9.17) is 4.52 Å². The fourth-order valence-corrected chi connectivity index (χ4v) is 2.36. The Morgan fingerprint density at radius 3 is 2.59 bits per heavy atom. The van der Waals surface area contributed by atoms with Crippen LogP contribution in [-0.4, -0.2) is 19.7 Å². The molecule has 0 bridgehead atoms. The van der Waals surface area contributed by atoms with Crippen molar-refractivity contribution in [1.82, 2.24) is 19.7 Å². The van der Waals surface area contributed by atoms with E-state index in [-0.39, 0.29) is 6.04 Å². The molecule has 22 heavy (non-hydrogen) atoms. The van der Waals surface area contributed by atoms with Crippen molar-refractivity contribution in [3.05, 3.63) is 47.7 Å². The Kier molecular flexibility index (Phi) is 3.66. The zero-order chi connectivity index (χ0) is 15.7. The number of nitrogens with zero attached hydrogens (tertiary/aromatic N) is 4. The van der Waals surface area contributed by atoms with Crippen molar-refractivity contribution in [3.63, 3.8) is 0 Å². The second kappa shape index (κ2) is 5.63. The number of para-hydroxylation sites is 1. The molecule has 6 nitrogen and oxygen atoms in total. The van der Waals surface area contributed by atoms with Crippen LogP contribution in [0, 0.1) is 13.8 Å². The fraction of sp³-hybridized carbons (Fsp3) is 0.312. The van der Waals surface area contributed by atoms with E-state index < -0.39 is 0 Å². The molecule has 0 saturated carbocycles. The van der Waals surface area contributed by atoms with Gasteiger partial charge in [0.2, 0.25) is 11.7 Å². The molecule has 0 aliphatic rings. The van der Waals surface area contributed by atoms with Crippen LogP contribution in [0.5, 0.6) is 0 Å². The normalized spacial score (nSPS) is 12.4. The van der Waals surface area contributed by atoms with E-state index in [0.717, 1.165) is 5.69 Å². The van der Waals surface area contributed by atoms with E-state index in [0.29, 0.717) is 17.4 Å². The van der Waals surface area contributed by atoms with Gasteiger partial charge in [-0.15, -0.1) is 0 Å². The lowest BCUT2D eigenvalue weighted by Crippen LogP contribution is -2.09. The van der Waals surface area contributed by atoms with Crippen LogP contribution in [0.2, 0.25) is 0 Å². The third-order valence-electron chi connectivity index (χ3n) is 3.59. The molecule has 0 spiro atoms. The zero-order valence-electron chi connectivity index (χ0n) is 13.2. The molecule has 1 N–H and O–H groups in total. The Balaban J connectivity index is 1.81. The summed E-state index contributed by atoms with van der Waals surface area (Å²) in [6.07, 6.45) is 3.57. The van der Waals surface area contributed by atoms with Gasteiger partial charge < -0.3 is 14.4 Å². The van der Waals surface area contributed by atoms with Crippen LogP contribution < -0.4 is 5.32 Å². The number of aryl methyl sites for hydroxylation is 3. The van der Waals surface area contributed by atoms with E-state index in [1.807, 2.05) is 30.8 Å². The summed E-state index contributed by atoms with van der Waals surface area (Å²) in [6.45, 7) is 6.16. The van der Waals surface area contributed by atoms with Gasteiger partial charge in [-0.25, -0.2) is 4.98 Å². The maximum absolute atomic E-state index is 5.37. The smallest absolute Gasteiger partial charge is 0.249 e. The Morgan fingerprint density at radius 1 is 1.23 bits per heavy atom. The van der Waals surface area contributed by atoms with Gasteiger partial charge in [0, 0.05) is 18.9 Å². The first kappa shape index (κ1) is 14.3. The molecule has 3 rings (SSSR count). The van der Waals surface area contributed by atoms with Crippen molar-refractivity contribution in [3.8, 4) is 11.5 Å². The van der Waals surface area contributed by atoms with Gasteiger partial charge >= 0.3 is 0 Å². The third-order valence-corrected chi connectivity index (χ3v) is 3.59. The van der Waals surface area contributed by atoms with Crippen LogP contribution in [-0.2, 0) is 7.05 Å². The molecular formula is C16H19N5O. The van der Waals surface area contributed by atoms with Gasteiger partial charge in [0.15, 0.2) is 0 Å². The number of hydrogen-bond acceptors (Lipinski definition) is 5. The summed E-state index contributed by atoms with van der Waals surface area (Å²) in [6, 6.07) is 6.13. The molecular weight excluding hydrogens is 278 g/mol. The summed E-state index contributed by atoms with van der Waals surface area (Å²) in [5.41, 5.74) is 4.19. The average molecular weight is 297 g/mol. The minimum absolute atomic E-state index is 0.0789. The van der Waals surface area contributed by atoms with Crippen molar-refractivity contribution in [2.24, 2.45) is 7.05 Å². The Hall–Kier alpha value is -2.63. The lowest BCUT2D eigenvalue weighted by Gasteiger charge is -2.15. The highest BCUT2D eigenvalue weighted by atomic mass is 16.5. The van der Waals surface area contributed by atoms with Crippen LogP contribution in [0.4, 0.5) is 5.69 Å². The summed E-state index contributed by atoms with van der Waals surface area (Å²) < 4.78 is 7.22. The highest BCUT2D eigenvalue weighted by Crippen LogP contribution is 2.25. The average Bonchev–Trinajstić information content (AvgIpc) is 3.11. The molecule has 6 heteroatoms. The number of imidazole rings is 1. The summed E-state index contributed by atoms with van der Waals surface area (Å²) in [7, 11) is 1.91. The molecule has 0 amide bonds. The lowest BCUT2D eigenvalue weighted by atomic mass is 10.1. The van der Waals surface area contributed by atoms with Gasteiger partial charge in [0.25, 0.3) is 0 Å². The minimum atomic E-state index is -0.0789. The molecule has 114 valence electrons. The van der Waals surface area contributed by atoms with Gasteiger partial charge in [-0.3, -0.25) is 0 Å². The predicted molar refractivity (Wildman–Crippen MR) is 84.5 cm³/mol. The first-order valence-electron chi connectivity index (χ1n) is 7.19. The Labute approximate surface area is 129 Å². The first-order chi connectivity index (χ1) is 10.5. The topological polar surface area (TPSA) is 68.8 Å². The predicted octanol–water partition coefficient (Wildman–Crippen LogP) is 3.26. The molecule has 1 aromatic carbocycles. The number of rotatable bonds is 4. The molecule has 1 atom stereocenters. The first-order valence-corrected chi connectivity index (χ1v) is 7.19. The van der Waals surface area contributed by atoms with Gasteiger partial charge in [-0.1, -0.05) is 23.4 Å². The van der Waals surface area contributed by atoms with Gasteiger partial charge in [-0.2, -0.15) is 4.98 Å².